The zero-order valence-electron chi connectivity index (χ0n) is 26.2. The van der Waals surface area contributed by atoms with Crippen LogP contribution in [0.15, 0.2) is 108 Å². The fourth-order valence-corrected chi connectivity index (χ4v) is 7.54. The molecule has 1 aliphatic carbocycles. The van der Waals surface area contributed by atoms with E-state index in [9.17, 15) is 35.6 Å². The molecule has 0 spiro atoms. The highest BCUT2D eigenvalue weighted by atomic mass is 35.5. The normalized spacial score (nSPS) is 14.3. The Labute approximate surface area is 287 Å². The predicted molar refractivity (Wildman–Crippen MR) is 179 cm³/mol. The lowest BCUT2D eigenvalue weighted by molar-refractivity contribution is -0.140. The summed E-state index contributed by atoms with van der Waals surface area (Å²) in [5.74, 6) is -1.89. The minimum absolute atomic E-state index is 0.0437. The smallest absolute Gasteiger partial charge is 0.352 e. The fraction of sp³-hybridized carbons (Fsp3) is 0.278. The summed E-state index contributed by atoms with van der Waals surface area (Å²) >= 11 is 6.36. The maximum atomic E-state index is 14.5. The molecule has 0 aromatic heterocycles. The average Bonchev–Trinajstić information content (AvgIpc) is 3.59. The molecular weight excluding hydrogens is 682 g/mol. The van der Waals surface area contributed by atoms with Crippen LogP contribution in [0, 0.1) is 5.82 Å². The van der Waals surface area contributed by atoms with E-state index in [0.717, 1.165) is 31.7 Å². The van der Waals surface area contributed by atoms with E-state index < -0.39 is 57.7 Å². The molecule has 2 amide bonds. The minimum atomic E-state index is -4.85. The quantitative estimate of drug-likeness (QED) is 0.155. The van der Waals surface area contributed by atoms with Gasteiger partial charge in [-0.2, -0.15) is 13.2 Å². The number of nitrogens with zero attached hydrogens (tertiary/aromatic N) is 2. The molecule has 1 fully saturated rings. The van der Waals surface area contributed by atoms with Crippen LogP contribution in [-0.4, -0.2) is 43.8 Å². The molecular formula is C36H34ClF4N3O4S. The van der Waals surface area contributed by atoms with Gasteiger partial charge in [0, 0.05) is 19.0 Å². The van der Waals surface area contributed by atoms with Gasteiger partial charge in [0.05, 0.1) is 21.2 Å². The maximum Gasteiger partial charge on any atom is 0.416 e. The van der Waals surface area contributed by atoms with E-state index in [1.807, 2.05) is 0 Å². The second kappa shape index (κ2) is 15.4. The van der Waals surface area contributed by atoms with Gasteiger partial charge in [0.15, 0.2) is 0 Å². The Hall–Kier alpha value is -4.42. The Morgan fingerprint density at radius 2 is 1.47 bits per heavy atom. The number of halogens is 5. The zero-order chi connectivity index (χ0) is 35.2. The molecule has 5 rings (SSSR count). The Morgan fingerprint density at radius 1 is 0.857 bits per heavy atom. The topological polar surface area (TPSA) is 86.8 Å². The average molecular weight is 716 g/mol. The van der Waals surface area contributed by atoms with Crippen LogP contribution in [0.2, 0.25) is 5.02 Å². The summed E-state index contributed by atoms with van der Waals surface area (Å²) in [6.07, 6.45) is -1.44. The summed E-state index contributed by atoms with van der Waals surface area (Å²) in [6, 6.07) is 22.0. The minimum Gasteiger partial charge on any atom is -0.352 e. The third-order valence-electron chi connectivity index (χ3n) is 8.39. The lowest BCUT2D eigenvalue weighted by atomic mass is 10.0. The second-order valence-electron chi connectivity index (χ2n) is 11.8. The van der Waals surface area contributed by atoms with E-state index >= 15 is 0 Å². The molecule has 13 heteroatoms. The van der Waals surface area contributed by atoms with Gasteiger partial charge in [-0.05, 0) is 66.4 Å². The number of hydrogen-bond acceptors (Lipinski definition) is 4. The molecule has 0 saturated heterocycles. The third kappa shape index (κ3) is 8.98. The van der Waals surface area contributed by atoms with E-state index in [0.29, 0.717) is 27.6 Å². The lowest BCUT2D eigenvalue weighted by Crippen LogP contribution is -2.54. The number of nitrogens with one attached hydrogen (secondary N) is 1. The number of hydrogen-bond donors (Lipinski definition) is 1. The highest BCUT2D eigenvalue weighted by Gasteiger charge is 2.38. The van der Waals surface area contributed by atoms with Crippen molar-refractivity contribution in [3.05, 3.63) is 131 Å². The van der Waals surface area contributed by atoms with Crippen molar-refractivity contribution in [3.63, 3.8) is 0 Å². The Morgan fingerprint density at radius 3 is 2.08 bits per heavy atom. The molecule has 0 aliphatic heterocycles. The van der Waals surface area contributed by atoms with Crippen LogP contribution in [0.5, 0.6) is 0 Å². The van der Waals surface area contributed by atoms with E-state index in [-0.39, 0.29) is 28.9 Å². The van der Waals surface area contributed by atoms with Crippen molar-refractivity contribution < 1.29 is 35.6 Å². The summed E-state index contributed by atoms with van der Waals surface area (Å²) in [5, 5.41) is 2.69. The molecule has 0 unspecified atom stereocenters. The van der Waals surface area contributed by atoms with Crippen molar-refractivity contribution in [1.29, 1.82) is 0 Å². The molecule has 1 aliphatic rings. The van der Waals surface area contributed by atoms with Crippen molar-refractivity contribution in [2.24, 2.45) is 0 Å². The van der Waals surface area contributed by atoms with E-state index in [2.05, 4.69) is 5.32 Å². The van der Waals surface area contributed by atoms with Gasteiger partial charge < -0.3 is 10.2 Å². The maximum absolute atomic E-state index is 14.5. The van der Waals surface area contributed by atoms with Gasteiger partial charge in [0.1, 0.15) is 18.4 Å². The van der Waals surface area contributed by atoms with Crippen molar-refractivity contribution in [2.75, 3.05) is 10.8 Å². The highest BCUT2D eigenvalue weighted by molar-refractivity contribution is 7.92. The first-order valence-electron chi connectivity index (χ1n) is 15.7. The molecule has 1 saturated carbocycles. The van der Waals surface area contributed by atoms with Crippen molar-refractivity contribution in [3.8, 4) is 0 Å². The summed E-state index contributed by atoms with van der Waals surface area (Å²) in [5.41, 5.74) is -0.587. The van der Waals surface area contributed by atoms with Gasteiger partial charge in [-0.1, -0.05) is 85.1 Å². The molecule has 0 bridgehead atoms. The number of alkyl halides is 3. The molecule has 1 atom stereocenters. The van der Waals surface area contributed by atoms with Gasteiger partial charge in [0.2, 0.25) is 11.8 Å². The van der Waals surface area contributed by atoms with Crippen LogP contribution >= 0.6 is 11.6 Å². The monoisotopic (exact) mass is 715 g/mol. The summed E-state index contributed by atoms with van der Waals surface area (Å²) in [6.45, 7) is -1.23. The second-order valence-corrected chi connectivity index (χ2v) is 14.1. The standard InChI is InChI=1S/C36H34ClF4N3O4S/c37-31-20-17-27(36(39,40)41)22-32(31)44(49(47,48)30-13-5-2-6-14-30)24-34(45)43(23-26-15-18-28(38)19-16-26)33(21-25-9-3-1-4-10-25)35(46)42-29-11-7-8-12-29/h1-6,9-10,13-20,22,29,33H,7-8,11-12,21,23-24H2,(H,42,46)/t33-/m0/s1. The van der Waals surface area contributed by atoms with Gasteiger partial charge in [-0.3, -0.25) is 13.9 Å². The van der Waals surface area contributed by atoms with Crippen molar-refractivity contribution in [2.45, 2.75) is 61.8 Å². The SMILES string of the molecule is O=C(NC1CCCC1)[C@H](Cc1ccccc1)N(Cc1ccc(F)cc1)C(=O)CN(c1cc(C(F)(F)F)ccc1Cl)S(=O)(=O)c1ccccc1. The zero-order valence-corrected chi connectivity index (χ0v) is 27.8. The number of carbonyl (C=O) groups is 2. The van der Waals surface area contributed by atoms with Crippen molar-refractivity contribution >= 4 is 39.1 Å². The Kier molecular flexibility index (Phi) is 11.3. The van der Waals surface area contributed by atoms with Gasteiger partial charge in [0.25, 0.3) is 10.0 Å². The van der Waals surface area contributed by atoms with Crippen LogP contribution in [0.25, 0.3) is 0 Å². The summed E-state index contributed by atoms with van der Waals surface area (Å²) in [4.78, 5) is 29.5. The first-order chi connectivity index (χ1) is 23.3. The molecule has 7 nitrogen and oxygen atoms in total. The van der Waals surface area contributed by atoms with Crippen LogP contribution in [-0.2, 0) is 38.8 Å². The van der Waals surface area contributed by atoms with Gasteiger partial charge in [-0.15, -0.1) is 0 Å². The molecule has 49 heavy (non-hydrogen) atoms. The van der Waals surface area contributed by atoms with Gasteiger partial charge >= 0.3 is 6.18 Å². The molecule has 0 radical (unpaired) electrons. The highest BCUT2D eigenvalue weighted by Crippen LogP contribution is 2.37. The lowest BCUT2D eigenvalue weighted by Gasteiger charge is -2.34. The first kappa shape index (κ1) is 35.9. The largest absolute Gasteiger partial charge is 0.416 e. The van der Waals surface area contributed by atoms with Crippen molar-refractivity contribution in [1.82, 2.24) is 10.2 Å². The van der Waals surface area contributed by atoms with E-state index in [4.69, 9.17) is 11.6 Å². The number of carbonyl (C=O) groups excluding carboxylic acids is 2. The molecule has 0 heterocycles. The predicted octanol–water partition coefficient (Wildman–Crippen LogP) is 7.39. The Bertz CT molecular complexity index is 1860. The third-order valence-corrected chi connectivity index (χ3v) is 10.5. The molecule has 4 aromatic rings. The Balaban J connectivity index is 1.61. The molecule has 258 valence electrons. The number of rotatable bonds is 12. The summed E-state index contributed by atoms with van der Waals surface area (Å²) < 4.78 is 84.2. The van der Waals surface area contributed by atoms with E-state index in [1.54, 1.807) is 36.4 Å². The summed E-state index contributed by atoms with van der Waals surface area (Å²) in [7, 11) is -4.69. The van der Waals surface area contributed by atoms with Crippen LogP contribution in [0.3, 0.4) is 0 Å². The number of anilines is 1. The van der Waals surface area contributed by atoms with E-state index in [1.165, 1.54) is 53.4 Å². The van der Waals surface area contributed by atoms with Crippen LogP contribution in [0.4, 0.5) is 23.2 Å². The number of amides is 2. The van der Waals surface area contributed by atoms with Crippen LogP contribution in [0.1, 0.15) is 42.4 Å². The molecule has 1 N–H and O–H groups in total. The fourth-order valence-electron chi connectivity index (χ4n) is 5.82. The molecule has 4 aromatic carbocycles. The first-order valence-corrected chi connectivity index (χ1v) is 17.5. The number of benzene rings is 4. The van der Waals surface area contributed by atoms with Gasteiger partial charge in [-0.25, -0.2) is 12.8 Å². The van der Waals surface area contributed by atoms with Crippen LogP contribution < -0.4 is 9.62 Å². The number of sulfonamides is 1.